The van der Waals surface area contributed by atoms with Gasteiger partial charge in [0, 0.05) is 6.42 Å². The number of aliphatic hydroxyl groups is 2. The summed E-state index contributed by atoms with van der Waals surface area (Å²) in [6, 6.07) is -0.654. The fraction of sp³-hybridized carbons (Fsp3) is 0.678. The van der Waals surface area contributed by atoms with Gasteiger partial charge < -0.3 is 15.5 Å². The fourth-order valence-electron chi connectivity index (χ4n) is 7.47. The molecular weight excluding hydrogens is 771 g/mol. The molecule has 0 aromatic heterocycles. The average molecular weight is 872 g/mol. The third-order valence-corrected chi connectivity index (χ3v) is 11.5. The molecule has 0 aromatic carbocycles. The summed E-state index contributed by atoms with van der Waals surface area (Å²) in [7, 11) is 0. The molecule has 360 valence electrons. The first kappa shape index (κ1) is 60.1. The molecule has 1 amide bonds. The molecule has 2 unspecified atom stereocenters. The molecule has 0 spiro atoms. The second-order valence-electron chi connectivity index (χ2n) is 17.6. The van der Waals surface area contributed by atoms with Crippen LogP contribution in [0.5, 0.6) is 0 Å². The van der Waals surface area contributed by atoms with E-state index in [4.69, 9.17) is 0 Å². The highest BCUT2D eigenvalue weighted by Crippen LogP contribution is 2.15. The third kappa shape index (κ3) is 49.9. The molecule has 4 heteroatoms. The maximum Gasteiger partial charge on any atom is 0.220 e. The van der Waals surface area contributed by atoms with Gasteiger partial charge in [-0.25, -0.2) is 0 Å². The van der Waals surface area contributed by atoms with Crippen molar-refractivity contribution in [2.45, 2.75) is 251 Å². The van der Waals surface area contributed by atoms with Gasteiger partial charge in [-0.2, -0.15) is 0 Å². The topological polar surface area (TPSA) is 69.6 Å². The van der Waals surface area contributed by atoms with Crippen LogP contribution >= 0.6 is 0 Å². The van der Waals surface area contributed by atoms with Crippen LogP contribution in [0.4, 0.5) is 0 Å². The standard InChI is InChI=1S/C59H101NO3/c1-3-5-7-9-11-13-15-17-19-21-23-25-27-28-29-30-31-32-33-35-37-39-41-43-45-47-49-51-53-55-59(63)60-57(56-61)58(62)54-52-50-48-46-44-42-40-38-36-34-26-24-22-20-18-16-14-12-10-8-6-4-2/h5,7,11,13,17,19,23,25,28-29,31-32,35,37,44,46,52,54,57-58,61-62H,3-4,6,8-10,12,14-16,18,20-22,24,26-27,30,33-34,36,38-43,45,47-51,53,55-56H2,1-2H3,(H,60,63)/b7-5-,13-11-,19-17-,25-23-,29-28-,32-31-,37-35-,46-44+,54-52+. The van der Waals surface area contributed by atoms with Gasteiger partial charge in [-0.3, -0.25) is 4.79 Å². The van der Waals surface area contributed by atoms with Crippen LogP contribution in [0.1, 0.15) is 239 Å². The zero-order valence-corrected chi connectivity index (χ0v) is 41.3. The molecule has 0 fully saturated rings. The number of nitrogens with one attached hydrogen (secondary N) is 1. The van der Waals surface area contributed by atoms with Gasteiger partial charge in [-0.05, 0) is 89.9 Å². The number of amides is 1. The molecule has 2 atom stereocenters. The highest BCUT2D eigenvalue weighted by atomic mass is 16.3. The summed E-state index contributed by atoms with van der Waals surface area (Å²) in [5, 5.41) is 23.1. The minimum Gasteiger partial charge on any atom is -0.394 e. The normalized spacial score (nSPS) is 13.8. The van der Waals surface area contributed by atoms with E-state index >= 15 is 0 Å². The van der Waals surface area contributed by atoms with Crippen molar-refractivity contribution in [2.24, 2.45) is 0 Å². The summed E-state index contributed by atoms with van der Waals surface area (Å²) in [6.07, 6.45) is 80.8. The number of aliphatic hydroxyl groups excluding tert-OH is 2. The first-order chi connectivity index (χ1) is 31.2. The predicted octanol–water partition coefficient (Wildman–Crippen LogP) is 17.5. The molecule has 0 saturated heterocycles. The lowest BCUT2D eigenvalue weighted by Gasteiger charge is -2.19. The SMILES string of the molecule is CC/C=C\C/C=C\C/C=C\C/C=C\C/C=C\C/C=C\C/C=C\CCCCCCCCCC(=O)NC(CO)C(O)/C=C/CC/C=C/CCCCCCCCCCCCCCCCCC. The lowest BCUT2D eigenvalue weighted by molar-refractivity contribution is -0.123. The minimum absolute atomic E-state index is 0.0886. The Morgan fingerprint density at radius 2 is 0.714 bits per heavy atom. The molecule has 4 nitrogen and oxygen atoms in total. The lowest BCUT2D eigenvalue weighted by Crippen LogP contribution is -2.45. The summed E-state index contributed by atoms with van der Waals surface area (Å²) in [5.41, 5.74) is 0. The highest BCUT2D eigenvalue weighted by Gasteiger charge is 2.17. The Morgan fingerprint density at radius 1 is 0.397 bits per heavy atom. The molecule has 0 bridgehead atoms. The monoisotopic (exact) mass is 872 g/mol. The van der Waals surface area contributed by atoms with Gasteiger partial charge in [-0.1, -0.05) is 252 Å². The van der Waals surface area contributed by atoms with Gasteiger partial charge in [0.2, 0.25) is 5.91 Å². The Hall–Kier alpha value is -2.95. The summed E-state index contributed by atoms with van der Waals surface area (Å²) in [5.74, 6) is -0.0886. The summed E-state index contributed by atoms with van der Waals surface area (Å²) in [4.78, 5) is 12.5. The molecule has 3 N–H and O–H groups in total. The van der Waals surface area contributed by atoms with Crippen LogP contribution in [0.25, 0.3) is 0 Å². The van der Waals surface area contributed by atoms with Gasteiger partial charge in [0.15, 0.2) is 0 Å². The number of hydrogen-bond donors (Lipinski definition) is 3. The van der Waals surface area contributed by atoms with Gasteiger partial charge in [-0.15, -0.1) is 0 Å². The maximum absolute atomic E-state index is 12.5. The van der Waals surface area contributed by atoms with Crippen LogP contribution in [0.2, 0.25) is 0 Å². The van der Waals surface area contributed by atoms with Gasteiger partial charge in [0.05, 0.1) is 18.8 Å². The quantitative estimate of drug-likeness (QED) is 0.0421. The smallest absolute Gasteiger partial charge is 0.220 e. The van der Waals surface area contributed by atoms with Gasteiger partial charge in [0.1, 0.15) is 0 Å². The Kier molecular flexibility index (Phi) is 50.9. The number of hydrogen-bond acceptors (Lipinski definition) is 3. The van der Waals surface area contributed by atoms with E-state index in [1.165, 1.54) is 128 Å². The Balaban J connectivity index is 3.65. The molecule has 0 aliphatic heterocycles. The number of rotatable bonds is 47. The van der Waals surface area contributed by atoms with Crippen molar-refractivity contribution in [3.05, 3.63) is 109 Å². The Bertz CT molecular complexity index is 1220. The van der Waals surface area contributed by atoms with E-state index in [2.05, 4.69) is 116 Å². The van der Waals surface area contributed by atoms with Crippen LogP contribution < -0.4 is 5.32 Å². The van der Waals surface area contributed by atoms with E-state index in [0.717, 1.165) is 89.9 Å². The molecule has 0 saturated carbocycles. The van der Waals surface area contributed by atoms with Crippen LogP contribution in [-0.4, -0.2) is 34.9 Å². The van der Waals surface area contributed by atoms with Crippen molar-refractivity contribution in [1.82, 2.24) is 5.32 Å². The number of unbranched alkanes of at least 4 members (excludes halogenated alkanes) is 24. The predicted molar refractivity (Wildman–Crippen MR) is 280 cm³/mol. The molecule has 0 aliphatic rings. The first-order valence-corrected chi connectivity index (χ1v) is 26.6. The van der Waals surface area contributed by atoms with Crippen LogP contribution in [0.3, 0.4) is 0 Å². The largest absolute Gasteiger partial charge is 0.394 e. The molecule has 0 aromatic rings. The van der Waals surface area contributed by atoms with E-state index in [1.807, 2.05) is 6.08 Å². The Labute approximate surface area is 391 Å². The molecule has 63 heavy (non-hydrogen) atoms. The number of carbonyl (C=O) groups excluding carboxylic acids is 1. The first-order valence-electron chi connectivity index (χ1n) is 26.6. The van der Waals surface area contributed by atoms with E-state index in [-0.39, 0.29) is 12.5 Å². The molecular formula is C59H101NO3. The highest BCUT2D eigenvalue weighted by molar-refractivity contribution is 5.76. The van der Waals surface area contributed by atoms with E-state index in [0.29, 0.717) is 6.42 Å². The van der Waals surface area contributed by atoms with Crippen LogP contribution in [0.15, 0.2) is 109 Å². The van der Waals surface area contributed by atoms with E-state index < -0.39 is 12.1 Å². The molecule has 0 heterocycles. The van der Waals surface area contributed by atoms with Gasteiger partial charge >= 0.3 is 0 Å². The summed E-state index contributed by atoms with van der Waals surface area (Å²) < 4.78 is 0. The molecule has 0 radical (unpaired) electrons. The summed E-state index contributed by atoms with van der Waals surface area (Å²) in [6.45, 7) is 4.18. The van der Waals surface area contributed by atoms with Crippen molar-refractivity contribution in [1.29, 1.82) is 0 Å². The zero-order chi connectivity index (χ0) is 45.6. The van der Waals surface area contributed by atoms with Crippen LogP contribution in [0, 0.1) is 0 Å². The second kappa shape index (κ2) is 53.4. The number of allylic oxidation sites excluding steroid dienone is 17. The van der Waals surface area contributed by atoms with Crippen molar-refractivity contribution in [2.75, 3.05) is 6.61 Å². The van der Waals surface area contributed by atoms with Gasteiger partial charge in [0.25, 0.3) is 0 Å². The van der Waals surface area contributed by atoms with Crippen molar-refractivity contribution < 1.29 is 15.0 Å². The maximum atomic E-state index is 12.5. The second-order valence-corrected chi connectivity index (χ2v) is 17.6. The molecule has 0 rings (SSSR count). The lowest BCUT2D eigenvalue weighted by atomic mass is 10.0. The van der Waals surface area contributed by atoms with Crippen LogP contribution in [-0.2, 0) is 4.79 Å². The third-order valence-electron chi connectivity index (χ3n) is 11.5. The minimum atomic E-state index is -0.875. The number of carbonyl (C=O) groups is 1. The van der Waals surface area contributed by atoms with Crippen molar-refractivity contribution >= 4 is 5.91 Å². The summed E-state index contributed by atoms with van der Waals surface area (Å²) >= 11 is 0. The molecule has 0 aliphatic carbocycles. The Morgan fingerprint density at radius 3 is 1.11 bits per heavy atom. The van der Waals surface area contributed by atoms with Crippen molar-refractivity contribution in [3.8, 4) is 0 Å². The fourth-order valence-corrected chi connectivity index (χ4v) is 7.47. The average Bonchev–Trinajstić information content (AvgIpc) is 3.29. The van der Waals surface area contributed by atoms with Crippen molar-refractivity contribution in [3.63, 3.8) is 0 Å². The zero-order valence-electron chi connectivity index (χ0n) is 41.3. The van der Waals surface area contributed by atoms with E-state index in [1.54, 1.807) is 6.08 Å². The van der Waals surface area contributed by atoms with E-state index in [9.17, 15) is 15.0 Å².